The van der Waals surface area contributed by atoms with Crippen molar-refractivity contribution in [3.8, 4) is 0 Å². The number of amides is 1. The van der Waals surface area contributed by atoms with Crippen LogP contribution in [0.3, 0.4) is 0 Å². The minimum atomic E-state index is -2.44. The predicted octanol–water partition coefficient (Wildman–Crippen LogP) is 1.13. The first kappa shape index (κ1) is 14.6. The van der Waals surface area contributed by atoms with Gasteiger partial charge in [0.15, 0.2) is 0 Å². The van der Waals surface area contributed by atoms with Gasteiger partial charge >= 0.3 is 0 Å². The fourth-order valence-corrected chi connectivity index (χ4v) is 1.68. The van der Waals surface area contributed by atoms with Crippen LogP contribution in [0.15, 0.2) is 0 Å². The van der Waals surface area contributed by atoms with Crippen molar-refractivity contribution >= 4 is 18.3 Å². The summed E-state index contributed by atoms with van der Waals surface area (Å²) in [6.45, 7) is 1.15. The molecule has 0 radical (unpaired) electrons. The summed E-state index contributed by atoms with van der Waals surface area (Å²) in [5.74, 6) is -0.216. The van der Waals surface area contributed by atoms with Gasteiger partial charge in [0.2, 0.25) is 5.91 Å². The molecular formula is C9H17ClF2N2O. The van der Waals surface area contributed by atoms with E-state index in [2.05, 4.69) is 5.32 Å². The van der Waals surface area contributed by atoms with E-state index >= 15 is 0 Å². The first-order chi connectivity index (χ1) is 6.61. The van der Waals surface area contributed by atoms with Crippen LogP contribution < -0.4 is 5.32 Å². The molecule has 0 aliphatic carbocycles. The third kappa shape index (κ3) is 4.75. The number of hydrogen-bond donors (Lipinski definition) is 1. The molecular weight excluding hydrogens is 226 g/mol. The lowest BCUT2D eigenvalue weighted by Gasteiger charge is -2.26. The number of halogens is 3. The Labute approximate surface area is 94.6 Å². The van der Waals surface area contributed by atoms with Crippen LogP contribution in [0.5, 0.6) is 0 Å². The smallest absolute Gasteiger partial charge is 0.255 e. The summed E-state index contributed by atoms with van der Waals surface area (Å²) in [4.78, 5) is 12.7. The molecule has 1 rings (SSSR count). The standard InChI is InChI=1S/C9H16F2N2O.ClH/c1-13(6-8(10)11)9(14)7-2-4-12-5-3-7;/h7-8,12H,2-6H2,1H3;1H. The molecule has 1 amide bonds. The number of hydrogen-bond acceptors (Lipinski definition) is 2. The van der Waals surface area contributed by atoms with Crippen LogP contribution in [0.4, 0.5) is 8.78 Å². The van der Waals surface area contributed by atoms with E-state index in [-0.39, 0.29) is 24.2 Å². The molecule has 0 aromatic carbocycles. The van der Waals surface area contributed by atoms with Gasteiger partial charge in [-0.05, 0) is 25.9 Å². The number of nitrogens with zero attached hydrogens (tertiary/aromatic N) is 1. The van der Waals surface area contributed by atoms with Gasteiger partial charge in [0, 0.05) is 13.0 Å². The fraction of sp³-hybridized carbons (Fsp3) is 0.889. The third-order valence-electron chi connectivity index (χ3n) is 2.48. The van der Waals surface area contributed by atoms with Crippen molar-refractivity contribution in [2.45, 2.75) is 19.3 Å². The summed E-state index contributed by atoms with van der Waals surface area (Å²) >= 11 is 0. The van der Waals surface area contributed by atoms with Gasteiger partial charge in [-0.15, -0.1) is 12.4 Å². The quantitative estimate of drug-likeness (QED) is 0.805. The second kappa shape index (κ2) is 6.95. The van der Waals surface area contributed by atoms with E-state index in [0.29, 0.717) is 0 Å². The highest BCUT2D eigenvalue weighted by Gasteiger charge is 2.24. The lowest BCUT2D eigenvalue weighted by Crippen LogP contribution is -2.40. The van der Waals surface area contributed by atoms with Gasteiger partial charge in [-0.2, -0.15) is 0 Å². The molecule has 1 aliphatic rings. The maximum atomic E-state index is 12.0. The van der Waals surface area contributed by atoms with E-state index in [1.54, 1.807) is 0 Å². The molecule has 90 valence electrons. The van der Waals surface area contributed by atoms with Crippen LogP contribution in [-0.4, -0.2) is 43.9 Å². The number of carbonyl (C=O) groups is 1. The van der Waals surface area contributed by atoms with Crippen molar-refractivity contribution < 1.29 is 13.6 Å². The Bertz CT molecular complexity index is 199. The average Bonchev–Trinajstić information content (AvgIpc) is 2.17. The summed E-state index contributed by atoms with van der Waals surface area (Å²) < 4.78 is 24.0. The topological polar surface area (TPSA) is 32.3 Å². The van der Waals surface area contributed by atoms with Crippen LogP contribution in [0, 0.1) is 5.92 Å². The van der Waals surface area contributed by atoms with Crippen LogP contribution in [0.1, 0.15) is 12.8 Å². The first-order valence-corrected chi connectivity index (χ1v) is 4.85. The lowest BCUT2D eigenvalue weighted by molar-refractivity contribution is -0.136. The van der Waals surface area contributed by atoms with E-state index in [4.69, 9.17) is 0 Å². The lowest BCUT2D eigenvalue weighted by atomic mass is 9.97. The monoisotopic (exact) mass is 242 g/mol. The number of piperidine rings is 1. The third-order valence-corrected chi connectivity index (χ3v) is 2.48. The Morgan fingerprint density at radius 1 is 1.47 bits per heavy atom. The van der Waals surface area contributed by atoms with Crippen molar-refractivity contribution in [2.75, 3.05) is 26.7 Å². The molecule has 0 aromatic heterocycles. The molecule has 0 atom stereocenters. The van der Waals surface area contributed by atoms with Gasteiger partial charge in [-0.25, -0.2) is 8.78 Å². The molecule has 1 aliphatic heterocycles. The maximum Gasteiger partial charge on any atom is 0.255 e. The summed E-state index contributed by atoms with van der Waals surface area (Å²) in [6.07, 6.45) is -0.926. The second-order valence-electron chi connectivity index (χ2n) is 3.63. The number of rotatable bonds is 3. The van der Waals surface area contributed by atoms with E-state index < -0.39 is 13.0 Å². The molecule has 1 heterocycles. The van der Waals surface area contributed by atoms with Crippen LogP contribution in [0.2, 0.25) is 0 Å². The molecule has 0 bridgehead atoms. The number of alkyl halides is 2. The van der Waals surface area contributed by atoms with Gasteiger partial charge in [0.1, 0.15) is 0 Å². The second-order valence-corrected chi connectivity index (χ2v) is 3.63. The normalized spacial score (nSPS) is 17.3. The van der Waals surface area contributed by atoms with Gasteiger partial charge in [0.05, 0.1) is 6.54 Å². The Kier molecular flexibility index (Phi) is 6.76. The van der Waals surface area contributed by atoms with Gasteiger partial charge < -0.3 is 10.2 Å². The molecule has 1 N–H and O–H groups in total. The van der Waals surface area contributed by atoms with Crippen molar-refractivity contribution in [2.24, 2.45) is 5.92 Å². The van der Waals surface area contributed by atoms with Crippen LogP contribution in [-0.2, 0) is 4.79 Å². The van der Waals surface area contributed by atoms with Crippen molar-refractivity contribution in [1.82, 2.24) is 10.2 Å². The van der Waals surface area contributed by atoms with E-state index in [1.165, 1.54) is 7.05 Å². The Balaban J connectivity index is 0.00000196. The zero-order chi connectivity index (χ0) is 10.6. The molecule has 1 saturated heterocycles. The Morgan fingerprint density at radius 2 is 2.00 bits per heavy atom. The summed E-state index contributed by atoms with van der Waals surface area (Å²) in [6, 6.07) is 0. The predicted molar refractivity (Wildman–Crippen MR) is 56.5 cm³/mol. The highest BCUT2D eigenvalue weighted by Crippen LogP contribution is 2.14. The zero-order valence-corrected chi connectivity index (χ0v) is 9.53. The molecule has 3 nitrogen and oxygen atoms in total. The molecule has 6 heteroatoms. The average molecular weight is 243 g/mol. The van der Waals surface area contributed by atoms with Gasteiger partial charge in [-0.3, -0.25) is 4.79 Å². The van der Waals surface area contributed by atoms with Crippen molar-refractivity contribution in [3.05, 3.63) is 0 Å². The SMILES string of the molecule is CN(CC(F)F)C(=O)C1CCNCC1.Cl. The molecule has 0 saturated carbocycles. The summed E-state index contributed by atoms with van der Waals surface area (Å²) in [5.41, 5.74) is 0. The van der Waals surface area contributed by atoms with Gasteiger partial charge in [-0.1, -0.05) is 0 Å². The zero-order valence-electron chi connectivity index (χ0n) is 8.71. The number of nitrogens with one attached hydrogen (secondary N) is 1. The van der Waals surface area contributed by atoms with Gasteiger partial charge in [0.25, 0.3) is 6.43 Å². The van der Waals surface area contributed by atoms with E-state index in [9.17, 15) is 13.6 Å². The minimum Gasteiger partial charge on any atom is -0.340 e. The fourth-order valence-electron chi connectivity index (χ4n) is 1.68. The van der Waals surface area contributed by atoms with Crippen molar-refractivity contribution in [1.29, 1.82) is 0 Å². The highest BCUT2D eigenvalue weighted by atomic mass is 35.5. The maximum absolute atomic E-state index is 12.0. The summed E-state index contributed by atoms with van der Waals surface area (Å²) in [7, 11) is 1.44. The molecule has 0 spiro atoms. The minimum absolute atomic E-state index is 0. The molecule has 15 heavy (non-hydrogen) atoms. The number of carbonyl (C=O) groups excluding carboxylic acids is 1. The van der Waals surface area contributed by atoms with Crippen LogP contribution >= 0.6 is 12.4 Å². The van der Waals surface area contributed by atoms with Crippen LogP contribution in [0.25, 0.3) is 0 Å². The van der Waals surface area contributed by atoms with Crippen molar-refractivity contribution in [3.63, 3.8) is 0 Å². The Morgan fingerprint density at radius 3 is 2.47 bits per heavy atom. The highest BCUT2D eigenvalue weighted by molar-refractivity contribution is 5.85. The van der Waals surface area contributed by atoms with E-state index in [0.717, 1.165) is 30.8 Å². The summed E-state index contributed by atoms with van der Waals surface area (Å²) in [5, 5.41) is 3.13. The first-order valence-electron chi connectivity index (χ1n) is 4.85. The molecule has 0 unspecified atom stereocenters. The van der Waals surface area contributed by atoms with E-state index in [1.807, 2.05) is 0 Å². The largest absolute Gasteiger partial charge is 0.340 e. The molecule has 0 aromatic rings. The Hall–Kier alpha value is -0.420. The molecule has 1 fully saturated rings.